The van der Waals surface area contributed by atoms with E-state index in [1.165, 1.54) is 38.9 Å². The highest BCUT2D eigenvalue weighted by Crippen LogP contribution is 2.40. The Hall–Kier alpha value is -1.22. The van der Waals surface area contributed by atoms with E-state index in [1.54, 1.807) is 0 Å². The van der Waals surface area contributed by atoms with Crippen LogP contribution >= 0.6 is 0 Å². The molecule has 3 aliphatic heterocycles. The van der Waals surface area contributed by atoms with Gasteiger partial charge in [0.1, 0.15) is 5.75 Å². The van der Waals surface area contributed by atoms with Gasteiger partial charge < -0.3 is 15.4 Å². The van der Waals surface area contributed by atoms with Gasteiger partial charge in [-0.05, 0) is 51.0 Å². The van der Waals surface area contributed by atoms with E-state index in [1.807, 2.05) is 24.3 Å². The van der Waals surface area contributed by atoms with Crippen molar-refractivity contribution in [3.8, 4) is 5.75 Å². The van der Waals surface area contributed by atoms with E-state index < -0.39 is 0 Å². The van der Waals surface area contributed by atoms with Crippen LogP contribution < -0.4 is 10.5 Å². The van der Waals surface area contributed by atoms with Gasteiger partial charge in [-0.2, -0.15) is 0 Å². The highest BCUT2D eigenvalue weighted by molar-refractivity contribution is 5.43. The van der Waals surface area contributed by atoms with Crippen molar-refractivity contribution in [1.29, 1.82) is 0 Å². The van der Waals surface area contributed by atoms with Crippen LogP contribution in [0.4, 0.5) is 5.69 Å². The molecule has 2 bridgehead atoms. The van der Waals surface area contributed by atoms with Crippen molar-refractivity contribution in [2.75, 3.05) is 32.0 Å². The number of hydrogen-bond donors (Lipinski definition) is 1. The Morgan fingerprint density at radius 3 is 2.53 bits per heavy atom. The van der Waals surface area contributed by atoms with Gasteiger partial charge in [-0.3, -0.25) is 0 Å². The molecule has 3 nitrogen and oxygen atoms in total. The minimum Gasteiger partial charge on any atom is -0.493 e. The highest BCUT2D eigenvalue weighted by Gasteiger charge is 2.39. The molecule has 0 atom stereocenters. The van der Waals surface area contributed by atoms with Gasteiger partial charge in [0.15, 0.2) is 0 Å². The van der Waals surface area contributed by atoms with Crippen molar-refractivity contribution in [2.24, 2.45) is 5.41 Å². The number of anilines is 1. The van der Waals surface area contributed by atoms with E-state index in [0.717, 1.165) is 18.0 Å². The van der Waals surface area contributed by atoms with Crippen molar-refractivity contribution in [2.45, 2.75) is 19.3 Å². The second-order valence-electron chi connectivity index (χ2n) is 5.45. The van der Waals surface area contributed by atoms with Gasteiger partial charge in [0.25, 0.3) is 0 Å². The molecule has 3 heterocycles. The van der Waals surface area contributed by atoms with Crippen LogP contribution in [-0.4, -0.2) is 31.1 Å². The second-order valence-corrected chi connectivity index (χ2v) is 5.45. The van der Waals surface area contributed by atoms with E-state index in [0.29, 0.717) is 5.41 Å². The summed E-state index contributed by atoms with van der Waals surface area (Å²) in [7, 11) is 0. The third-order valence-electron chi connectivity index (χ3n) is 4.28. The molecule has 0 amide bonds. The molecule has 0 saturated carbocycles. The lowest BCUT2D eigenvalue weighted by Crippen LogP contribution is -2.50. The van der Waals surface area contributed by atoms with E-state index in [-0.39, 0.29) is 0 Å². The zero-order chi connectivity index (χ0) is 11.7. The van der Waals surface area contributed by atoms with E-state index in [4.69, 9.17) is 10.5 Å². The van der Waals surface area contributed by atoms with Crippen molar-refractivity contribution >= 4 is 5.69 Å². The van der Waals surface area contributed by atoms with Crippen LogP contribution in [0.2, 0.25) is 0 Å². The molecule has 1 aromatic rings. The minimum atomic E-state index is 0.430. The number of ether oxygens (including phenoxy) is 1. The van der Waals surface area contributed by atoms with Gasteiger partial charge in [0, 0.05) is 17.2 Å². The quantitative estimate of drug-likeness (QED) is 0.811. The number of nitrogens with zero attached hydrogens (tertiary/aromatic N) is 1. The Morgan fingerprint density at radius 1 is 1.18 bits per heavy atom. The highest BCUT2D eigenvalue weighted by atomic mass is 16.5. The van der Waals surface area contributed by atoms with Gasteiger partial charge in [-0.1, -0.05) is 6.07 Å². The molecule has 3 fully saturated rings. The van der Waals surface area contributed by atoms with Crippen LogP contribution in [0.15, 0.2) is 24.3 Å². The Kier molecular flexibility index (Phi) is 2.71. The summed E-state index contributed by atoms with van der Waals surface area (Å²) in [5.41, 5.74) is 6.96. The summed E-state index contributed by atoms with van der Waals surface area (Å²) in [6.45, 7) is 4.60. The van der Waals surface area contributed by atoms with E-state index in [2.05, 4.69) is 4.90 Å². The molecule has 0 aromatic heterocycles. The first-order chi connectivity index (χ1) is 8.26. The summed E-state index contributed by atoms with van der Waals surface area (Å²) < 4.78 is 5.95. The molecule has 4 rings (SSSR count). The van der Waals surface area contributed by atoms with Gasteiger partial charge in [-0.25, -0.2) is 0 Å². The Morgan fingerprint density at radius 2 is 1.88 bits per heavy atom. The summed E-state index contributed by atoms with van der Waals surface area (Å²) in [6, 6.07) is 7.75. The van der Waals surface area contributed by atoms with Gasteiger partial charge in [0.2, 0.25) is 0 Å². The van der Waals surface area contributed by atoms with Crippen LogP contribution in [0.25, 0.3) is 0 Å². The predicted molar refractivity (Wildman–Crippen MR) is 69.1 cm³/mol. The lowest BCUT2D eigenvalue weighted by atomic mass is 9.73. The Labute approximate surface area is 103 Å². The third kappa shape index (κ3) is 2.25. The molecule has 0 spiro atoms. The summed E-state index contributed by atoms with van der Waals surface area (Å²) in [6.07, 6.45) is 3.86. The molecule has 3 saturated heterocycles. The van der Waals surface area contributed by atoms with E-state index >= 15 is 0 Å². The van der Waals surface area contributed by atoms with Crippen LogP contribution in [0.5, 0.6) is 5.75 Å². The number of nitrogens with two attached hydrogens (primary N) is 1. The summed E-state index contributed by atoms with van der Waals surface area (Å²) in [4.78, 5) is 2.56. The first kappa shape index (κ1) is 10.9. The zero-order valence-electron chi connectivity index (χ0n) is 10.2. The largest absolute Gasteiger partial charge is 0.493 e. The Balaban J connectivity index is 1.63. The summed E-state index contributed by atoms with van der Waals surface area (Å²) in [5.74, 6) is 0.910. The normalized spacial score (nSPS) is 31.4. The van der Waals surface area contributed by atoms with Gasteiger partial charge >= 0.3 is 0 Å². The average molecular weight is 232 g/mol. The maximum atomic E-state index is 5.95. The van der Waals surface area contributed by atoms with Gasteiger partial charge in [0.05, 0.1) is 6.61 Å². The number of rotatable bonds is 3. The van der Waals surface area contributed by atoms with Crippen molar-refractivity contribution in [3.05, 3.63) is 24.3 Å². The second kappa shape index (κ2) is 4.22. The third-order valence-corrected chi connectivity index (χ3v) is 4.28. The Bertz CT molecular complexity index is 383. The van der Waals surface area contributed by atoms with E-state index in [9.17, 15) is 0 Å². The summed E-state index contributed by atoms with van der Waals surface area (Å²) >= 11 is 0. The van der Waals surface area contributed by atoms with Crippen molar-refractivity contribution in [1.82, 2.24) is 4.90 Å². The molecule has 2 N–H and O–H groups in total. The van der Waals surface area contributed by atoms with Crippen molar-refractivity contribution < 1.29 is 4.74 Å². The maximum Gasteiger partial charge on any atom is 0.121 e. The SMILES string of the molecule is Nc1cccc(OCC23CCN(CC2)CC3)c1. The topological polar surface area (TPSA) is 38.5 Å². The molecule has 1 aromatic carbocycles. The minimum absolute atomic E-state index is 0.430. The lowest BCUT2D eigenvalue weighted by molar-refractivity contribution is -0.00764. The molecule has 0 unspecified atom stereocenters. The number of piperidine rings is 3. The number of nitrogen functional groups attached to an aromatic ring is 1. The first-order valence-electron chi connectivity index (χ1n) is 6.47. The lowest BCUT2D eigenvalue weighted by Gasteiger charge is -2.48. The van der Waals surface area contributed by atoms with Crippen LogP contribution in [0.1, 0.15) is 19.3 Å². The standard InChI is InChI=1S/C14H20N2O/c15-12-2-1-3-13(10-12)17-11-14-4-7-16(8-5-14)9-6-14/h1-3,10H,4-9,11,15H2. The molecular formula is C14H20N2O. The molecule has 92 valence electrons. The molecule has 0 radical (unpaired) electrons. The fraction of sp³-hybridized carbons (Fsp3) is 0.571. The molecular weight excluding hydrogens is 212 g/mol. The number of hydrogen-bond acceptors (Lipinski definition) is 3. The van der Waals surface area contributed by atoms with Crippen LogP contribution in [-0.2, 0) is 0 Å². The van der Waals surface area contributed by atoms with Crippen LogP contribution in [0, 0.1) is 5.41 Å². The van der Waals surface area contributed by atoms with Gasteiger partial charge in [-0.15, -0.1) is 0 Å². The zero-order valence-corrected chi connectivity index (χ0v) is 10.2. The monoisotopic (exact) mass is 232 g/mol. The molecule has 0 aliphatic carbocycles. The number of benzene rings is 1. The fourth-order valence-electron chi connectivity index (χ4n) is 2.95. The summed E-state index contributed by atoms with van der Waals surface area (Å²) in [5, 5.41) is 0. The van der Waals surface area contributed by atoms with Crippen molar-refractivity contribution in [3.63, 3.8) is 0 Å². The average Bonchev–Trinajstić information content (AvgIpc) is 2.39. The fourth-order valence-corrected chi connectivity index (χ4v) is 2.95. The number of fused-ring (bicyclic) bond motifs is 3. The molecule has 3 heteroatoms. The molecule has 3 aliphatic rings. The maximum absolute atomic E-state index is 5.95. The smallest absolute Gasteiger partial charge is 0.121 e. The molecule has 17 heavy (non-hydrogen) atoms. The predicted octanol–water partition coefficient (Wildman–Crippen LogP) is 2.13. The van der Waals surface area contributed by atoms with Crippen LogP contribution in [0.3, 0.4) is 0 Å². The first-order valence-corrected chi connectivity index (χ1v) is 6.47.